The molecule has 0 amide bonds. The number of phenolic OH excluding ortho intramolecular Hbond substituents is 1. The Morgan fingerprint density at radius 3 is 2.90 bits per heavy atom. The van der Waals surface area contributed by atoms with Crippen LogP contribution in [0.15, 0.2) is 48.2 Å². The number of hydrogen-bond acceptors (Lipinski definition) is 5. The first kappa shape index (κ1) is 13.4. The second kappa shape index (κ2) is 5.41. The van der Waals surface area contributed by atoms with Crippen LogP contribution in [0.5, 0.6) is 5.75 Å². The van der Waals surface area contributed by atoms with E-state index in [9.17, 15) is 15.2 Å². The van der Waals surface area contributed by atoms with E-state index in [2.05, 4.69) is 5.32 Å². The summed E-state index contributed by atoms with van der Waals surface area (Å²) >= 11 is 1.17. The third kappa shape index (κ3) is 2.80. The largest absolute Gasteiger partial charge is 0.506 e. The molecule has 5 nitrogen and oxygen atoms in total. The number of thiophene rings is 1. The van der Waals surface area contributed by atoms with Gasteiger partial charge < -0.3 is 10.4 Å². The molecule has 0 bridgehead atoms. The highest BCUT2D eigenvalue weighted by Crippen LogP contribution is 2.33. The number of benzene rings is 1. The van der Waals surface area contributed by atoms with Crippen LogP contribution in [0.3, 0.4) is 0 Å². The monoisotopic (exact) mass is 300 g/mol. The maximum absolute atomic E-state index is 10.6. The van der Waals surface area contributed by atoms with Crippen molar-refractivity contribution in [3.05, 3.63) is 68.7 Å². The van der Waals surface area contributed by atoms with E-state index in [0.29, 0.717) is 12.1 Å². The average molecular weight is 300 g/mol. The Morgan fingerprint density at radius 1 is 1.29 bits per heavy atom. The summed E-state index contributed by atoms with van der Waals surface area (Å²) in [7, 11) is 0. The van der Waals surface area contributed by atoms with Crippen molar-refractivity contribution in [2.24, 2.45) is 0 Å². The van der Waals surface area contributed by atoms with Crippen molar-refractivity contribution in [3.63, 3.8) is 0 Å². The number of nitrogens with zero attached hydrogens (tertiary/aromatic N) is 1. The van der Waals surface area contributed by atoms with Gasteiger partial charge in [0.1, 0.15) is 5.75 Å². The molecular formula is C15H12N2O3S. The molecule has 0 unspecified atom stereocenters. The van der Waals surface area contributed by atoms with E-state index in [4.69, 9.17) is 0 Å². The van der Waals surface area contributed by atoms with Gasteiger partial charge in [0, 0.05) is 28.6 Å². The number of allylic oxidation sites excluding steroid dienone is 2. The highest BCUT2D eigenvalue weighted by Gasteiger charge is 2.12. The summed E-state index contributed by atoms with van der Waals surface area (Å²) in [6, 6.07) is 8.62. The van der Waals surface area contributed by atoms with E-state index < -0.39 is 0 Å². The van der Waals surface area contributed by atoms with E-state index in [1.807, 2.05) is 24.3 Å². The Labute approximate surface area is 125 Å². The average Bonchev–Trinajstić information content (AvgIpc) is 2.95. The topological polar surface area (TPSA) is 75.4 Å². The van der Waals surface area contributed by atoms with Gasteiger partial charge in [-0.25, -0.2) is 0 Å². The van der Waals surface area contributed by atoms with E-state index in [1.54, 1.807) is 18.2 Å². The van der Waals surface area contributed by atoms with E-state index >= 15 is 0 Å². The van der Waals surface area contributed by atoms with E-state index in [0.717, 1.165) is 16.1 Å². The first-order valence-electron chi connectivity index (χ1n) is 6.34. The second-order valence-electron chi connectivity index (χ2n) is 4.56. The molecule has 21 heavy (non-hydrogen) atoms. The number of phenols is 1. The van der Waals surface area contributed by atoms with Gasteiger partial charge in [0.25, 0.3) is 0 Å². The smallest absolute Gasteiger partial charge is 0.324 e. The molecule has 1 aliphatic heterocycles. The second-order valence-corrected chi connectivity index (χ2v) is 5.71. The quantitative estimate of drug-likeness (QED) is 0.511. The van der Waals surface area contributed by atoms with Gasteiger partial charge in [-0.1, -0.05) is 35.6 Å². The minimum absolute atomic E-state index is 0.151. The summed E-state index contributed by atoms with van der Waals surface area (Å²) in [5.41, 5.74) is 2.47. The van der Waals surface area contributed by atoms with E-state index in [-0.39, 0.29) is 15.7 Å². The minimum Gasteiger partial charge on any atom is -0.506 e. The third-order valence-electron chi connectivity index (χ3n) is 3.14. The molecule has 1 aromatic carbocycles. The summed E-state index contributed by atoms with van der Waals surface area (Å²) in [6.07, 6.45) is 6.40. The molecule has 106 valence electrons. The zero-order valence-electron chi connectivity index (χ0n) is 10.9. The molecule has 0 spiro atoms. The molecular weight excluding hydrogens is 288 g/mol. The van der Waals surface area contributed by atoms with Crippen molar-refractivity contribution in [1.82, 2.24) is 0 Å². The van der Waals surface area contributed by atoms with Crippen LogP contribution >= 0.6 is 11.3 Å². The van der Waals surface area contributed by atoms with Crippen LogP contribution in [0.1, 0.15) is 10.4 Å². The lowest BCUT2D eigenvalue weighted by atomic mass is 10.1. The molecule has 2 aromatic rings. The molecule has 2 heterocycles. The minimum atomic E-state index is -0.381. The number of para-hydroxylation sites is 1. The maximum Gasteiger partial charge on any atom is 0.324 e. The lowest BCUT2D eigenvalue weighted by Crippen LogP contribution is -2.03. The van der Waals surface area contributed by atoms with Crippen LogP contribution in [0.25, 0.3) is 6.08 Å². The maximum atomic E-state index is 10.6. The van der Waals surface area contributed by atoms with Crippen molar-refractivity contribution in [2.45, 2.75) is 6.42 Å². The van der Waals surface area contributed by atoms with Crippen molar-refractivity contribution in [1.29, 1.82) is 0 Å². The summed E-state index contributed by atoms with van der Waals surface area (Å²) in [4.78, 5) is 11.2. The number of hydrogen-bond donors (Lipinski definition) is 2. The summed E-state index contributed by atoms with van der Waals surface area (Å²) < 4.78 is 0. The van der Waals surface area contributed by atoms with Gasteiger partial charge in [0.05, 0.1) is 10.6 Å². The van der Waals surface area contributed by atoms with Crippen molar-refractivity contribution >= 4 is 28.1 Å². The molecule has 1 aromatic heterocycles. The number of fused-ring (bicyclic) bond motifs is 1. The summed E-state index contributed by atoms with van der Waals surface area (Å²) in [5, 5.41) is 23.8. The Kier molecular flexibility index (Phi) is 3.45. The number of nitro groups is 1. The van der Waals surface area contributed by atoms with Crippen LogP contribution in [0.4, 0.5) is 10.7 Å². The highest BCUT2D eigenvalue weighted by atomic mass is 32.1. The standard InChI is InChI=1S/C15H12N2O3S/c18-13-3-1-2-10-4-5-11(16-15(10)13)6-7-12-8-9-14(21-12)17(19)20/h1-6,8-9,16,18H,7H2/b11-6+. The summed E-state index contributed by atoms with van der Waals surface area (Å²) in [6.45, 7) is 0. The van der Waals surface area contributed by atoms with Gasteiger partial charge in [-0.3, -0.25) is 10.1 Å². The molecule has 3 rings (SSSR count). The molecule has 0 saturated heterocycles. The Hall–Kier alpha value is -2.60. The van der Waals surface area contributed by atoms with Gasteiger partial charge in [-0.15, -0.1) is 0 Å². The van der Waals surface area contributed by atoms with Crippen LogP contribution in [0.2, 0.25) is 0 Å². The van der Waals surface area contributed by atoms with Gasteiger partial charge in [-0.2, -0.15) is 0 Å². The fourth-order valence-corrected chi connectivity index (χ4v) is 2.88. The van der Waals surface area contributed by atoms with Crippen LogP contribution in [-0.2, 0) is 6.42 Å². The molecule has 0 aliphatic carbocycles. The fraction of sp³-hybridized carbons (Fsp3) is 0.0667. The predicted octanol–water partition coefficient (Wildman–Crippen LogP) is 3.93. The van der Waals surface area contributed by atoms with Crippen LogP contribution < -0.4 is 5.32 Å². The molecule has 1 aliphatic rings. The highest BCUT2D eigenvalue weighted by molar-refractivity contribution is 7.15. The first-order chi connectivity index (χ1) is 10.1. The van der Waals surface area contributed by atoms with Crippen molar-refractivity contribution < 1.29 is 10.0 Å². The van der Waals surface area contributed by atoms with Crippen molar-refractivity contribution in [2.75, 3.05) is 5.32 Å². The van der Waals surface area contributed by atoms with Crippen LogP contribution in [-0.4, -0.2) is 10.0 Å². The fourth-order valence-electron chi connectivity index (χ4n) is 2.10. The molecule has 2 N–H and O–H groups in total. The molecule has 0 radical (unpaired) electrons. The van der Waals surface area contributed by atoms with Crippen LogP contribution in [0, 0.1) is 10.1 Å². The first-order valence-corrected chi connectivity index (χ1v) is 7.15. The lowest BCUT2D eigenvalue weighted by molar-refractivity contribution is -0.380. The Bertz CT molecular complexity index is 762. The number of nitrogens with one attached hydrogen (secondary N) is 1. The molecule has 6 heteroatoms. The normalized spacial score (nSPS) is 14.8. The Morgan fingerprint density at radius 2 is 2.14 bits per heavy atom. The van der Waals surface area contributed by atoms with Gasteiger partial charge in [0.15, 0.2) is 0 Å². The SMILES string of the molecule is O=[N+]([O-])c1ccc(C/C=C2\C=Cc3cccc(O)c3N2)s1. The predicted molar refractivity (Wildman–Crippen MR) is 83.5 cm³/mol. The number of aromatic hydroxyl groups is 1. The van der Waals surface area contributed by atoms with Crippen molar-refractivity contribution in [3.8, 4) is 5.75 Å². The number of anilines is 1. The molecule has 0 atom stereocenters. The zero-order valence-corrected chi connectivity index (χ0v) is 11.8. The zero-order chi connectivity index (χ0) is 14.8. The van der Waals surface area contributed by atoms with Gasteiger partial charge in [-0.05, 0) is 18.2 Å². The lowest BCUT2D eigenvalue weighted by Gasteiger charge is -2.16. The van der Waals surface area contributed by atoms with Gasteiger partial charge in [0.2, 0.25) is 0 Å². The Balaban J connectivity index is 1.76. The molecule has 0 fully saturated rings. The summed E-state index contributed by atoms with van der Waals surface area (Å²) in [5.74, 6) is 0.203. The molecule has 0 saturated carbocycles. The van der Waals surface area contributed by atoms with E-state index in [1.165, 1.54) is 17.4 Å². The third-order valence-corrected chi connectivity index (χ3v) is 4.20. The number of rotatable bonds is 3. The van der Waals surface area contributed by atoms with Gasteiger partial charge >= 0.3 is 5.00 Å².